The number of guanidine groups is 1. The zero-order valence-corrected chi connectivity index (χ0v) is 29.2. The summed E-state index contributed by atoms with van der Waals surface area (Å²) in [5, 5.41) is 8.59. The molecule has 3 aromatic carbocycles. The molecule has 0 radical (unpaired) electrons. The summed E-state index contributed by atoms with van der Waals surface area (Å²) in [5.74, 6) is -0.212. The number of hydrogen-bond donors (Lipinski definition) is 2. The van der Waals surface area contributed by atoms with Crippen molar-refractivity contribution in [1.82, 2.24) is 9.49 Å². The van der Waals surface area contributed by atoms with Gasteiger partial charge in [-0.15, -0.1) is 4.90 Å². The van der Waals surface area contributed by atoms with E-state index in [1.54, 1.807) is 65.8 Å². The Labute approximate surface area is 288 Å². The van der Waals surface area contributed by atoms with Gasteiger partial charge in [-0.1, -0.05) is 77.5 Å². The molecular formula is C38H47N6O5+. The molecule has 11 heteroatoms. The molecule has 3 N–H and O–H groups in total. The first kappa shape index (κ1) is 35.3. The van der Waals surface area contributed by atoms with Gasteiger partial charge >= 0.3 is 18.2 Å². The molecule has 1 aliphatic carbocycles. The van der Waals surface area contributed by atoms with Crippen LogP contribution in [-0.4, -0.2) is 46.0 Å². The second-order valence-electron chi connectivity index (χ2n) is 14.5. The maximum Gasteiger partial charge on any atom is 0.453 e. The normalized spacial score (nSPS) is 18.8. The molecule has 1 unspecified atom stereocenters. The van der Waals surface area contributed by atoms with Crippen molar-refractivity contribution in [3.05, 3.63) is 90.0 Å². The van der Waals surface area contributed by atoms with Gasteiger partial charge in [0.05, 0.1) is 11.4 Å². The van der Waals surface area contributed by atoms with Gasteiger partial charge < -0.3 is 15.2 Å². The predicted molar refractivity (Wildman–Crippen MR) is 193 cm³/mol. The lowest BCUT2D eigenvalue weighted by Gasteiger charge is -2.30. The molecular weight excluding hydrogens is 620 g/mol. The number of urea groups is 1. The van der Waals surface area contributed by atoms with E-state index in [0.717, 1.165) is 48.2 Å². The lowest BCUT2D eigenvalue weighted by Crippen LogP contribution is -2.51. The molecule has 1 atom stereocenters. The van der Waals surface area contributed by atoms with Crippen LogP contribution in [0, 0.1) is 5.92 Å². The standard InChI is InChI=1S/C38H46N6O5/c1-37(2,3)48-35(46)43(36(47)49-38(4,5)6)33(39)40-28-21-23-29(24-22-28)44(25-26-15-9-7-10-16-26)34(45)41-31-20-14-13-19-30(31)32(42-44)27-17-11-8-12-18-27/h7,9-10,13-16,19-24,27H,8,11-12,17-18,25H2,1-6H3,(H2-,39,40,41,42,45)/p+1. The number of hydrogen-bond acceptors (Lipinski definition) is 7. The Kier molecular flexibility index (Phi) is 10.2. The number of nitrogens with two attached hydrogens (primary N) is 1. The monoisotopic (exact) mass is 667 g/mol. The zero-order valence-electron chi connectivity index (χ0n) is 29.2. The number of para-hydroxylation sites is 1. The van der Waals surface area contributed by atoms with Gasteiger partial charge in [0.2, 0.25) is 5.96 Å². The van der Waals surface area contributed by atoms with E-state index in [1.807, 2.05) is 54.6 Å². The second-order valence-corrected chi connectivity index (χ2v) is 14.5. The number of carbonyl (C=O) groups is 3. The van der Waals surface area contributed by atoms with Gasteiger partial charge in [0, 0.05) is 29.2 Å². The summed E-state index contributed by atoms with van der Waals surface area (Å²) in [6.45, 7) is 10.3. The van der Waals surface area contributed by atoms with Crippen molar-refractivity contribution in [2.75, 3.05) is 5.32 Å². The minimum Gasteiger partial charge on any atom is -0.443 e. The Morgan fingerprint density at radius 3 is 2.02 bits per heavy atom. The van der Waals surface area contributed by atoms with E-state index in [1.165, 1.54) is 6.42 Å². The zero-order chi connectivity index (χ0) is 35.4. The highest BCUT2D eigenvalue weighted by Crippen LogP contribution is 2.38. The van der Waals surface area contributed by atoms with E-state index >= 15 is 0 Å². The van der Waals surface area contributed by atoms with Crippen LogP contribution in [0.25, 0.3) is 0 Å². The van der Waals surface area contributed by atoms with Crippen LogP contribution in [0.2, 0.25) is 0 Å². The Morgan fingerprint density at radius 1 is 0.857 bits per heavy atom. The fourth-order valence-electron chi connectivity index (χ4n) is 6.04. The smallest absolute Gasteiger partial charge is 0.443 e. The maximum atomic E-state index is 14.5. The third-order valence-corrected chi connectivity index (χ3v) is 8.21. The number of carbonyl (C=O) groups excluding carboxylic acids is 3. The van der Waals surface area contributed by atoms with E-state index < -0.39 is 29.3 Å². The van der Waals surface area contributed by atoms with Crippen LogP contribution in [-0.2, 0) is 16.0 Å². The third kappa shape index (κ3) is 8.53. The highest BCUT2D eigenvalue weighted by Gasteiger charge is 2.45. The number of imide groups is 1. The molecule has 0 spiro atoms. The molecule has 258 valence electrons. The van der Waals surface area contributed by atoms with Gasteiger partial charge in [0.15, 0.2) is 5.69 Å². The molecule has 0 bridgehead atoms. The number of amides is 4. The average Bonchev–Trinajstić information content (AvgIpc) is 3.15. The first-order valence-electron chi connectivity index (χ1n) is 16.8. The van der Waals surface area contributed by atoms with Gasteiger partial charge in [0.25, 0.3) is 0 Å². The van der Waals surface area contributed by atoms with Crippen LogP contribution in [0.5, 0.6) is 0 Å². The van der Waals surface area contributed by atoms with Crippen molar-refractivity contribution < 1.29 is 23.9 Å². The molecule has 11 nitrogen and oxygen atoms in total. The van der Waals surface area contributed by atoms with Crippen molar-refractivity contribution >= 4 is 47.0 Å². The number of benzene rings is 3. The molecule has 0 saturated heterocycles. The van der Waals surface area contributed by atoms with Crippen LogP contribution in [0.3, 0.4) is 0 Å². The molecule has 1 aliphatic heterocycles. The molecule has 2 aliphatic rings. The second kappa shape index (κ2) is 14.2. The Balaban J connectivity index is 1.58. The molecule has 3 aromatic rings. The summed E-state index contributed by atoms with van der Waals surface area (Å²) in [5.41, 5.74) is 8.95. The fraction of sp³-hybridized carbons (Fsp3) is 0.395. The molecule has 1 saturated carbocycles. The number of nitrogens with zero attached hydrogens (tertiary/aromatic N) is 4. The Morgan fingerprint density at radius 2 is 1.43 bits per heavy atom. The highest BCUT2D eigenvalue weighted by molar-refractivity contribution is 6.13. The van der Waals surface area contributed by atoms with Crippen molar-refractivity contribution in [2.45, 2.75) is 91.4 Å². The number of aliphatic imine (C=N–C) groups is 1. The lowest BCUT2D eigenvalue weighted by molar-refractivity contribution is 0.0145. The summed E-state index contributed by atoms with van der Waals surface area (Å²) in [4.78, 5) is 45.6. The molecule has 1 heterocycles. The van der Waals surface area contributed by atoms with Gasteiger partial charge in [-0.05, 0) is 72.6 Å². The van der Waals surface area contributed by atoms with Crippen molar-refractivity contribution in [3.8, 4) is 0 Å². The van der Waals surface area contributed by atoms with Crippen molar-refractivity contribution in [1.29, 1.82) is 0 Å². The Bertz CT molecular complexity index is 1710. The maximum absolute atomic E-state index is 14.5. The molecule has 5 rings (SSSR count). The van der Waals surface area contributed by atoms with E-state index in [-0.39, 0.29) is 23.1 Å². The van der Waals surface area contributed by atoms with Crippen LogP contribution in [0.15, 0.2) is 89.0 Å². The summed E-state index contributed by atoms with van der Waals surface area (Å²) < 4.78 is 10.5. The Hall–Kier alpha value is -5.03. The van der Waals surface area contributed by atoms with E-state index in [2.05, 4.69) is 10.3 Å². The number of quaternary nitrogens is 1. The van der Waals surface area contributed by atoms with E-state index in [4.69, 9.17) is 20.3 Å². The predicted octanol–water partition coefficient (Wildman–Crippen LogP) is 8.84. The number of nitrogens with one attached hydrogen (secondary N) is 1. The average molecular weight is 668 g/mol. The SMILES string of the molecule is CC(C)(C)OC(=O)N(C(=O)OC(C)(C)C)C(N)=Nc1ccc([N+]2(Cc3ccccc3)N=C(C3CCCCC3)c3ccccc3NC2=O)cc1. The van der Waals surface area contributed by atoms with E-state index in [0.29, 0.717) is 16.3 Å². The van der Waals surface area contributed by atoms with E-state index in [9.17, 15) is 14.4 Å². The summed E-state index contributed by atoms with van der Waals surface area (Å²) >= 11 is 0. The van der Waals surface area contributed by atoms with Crippen molar-refractivity contribution in [2.24, 2.45) is 21.7 Å². The molecule has 49 heavy (non-hydrogen) atoms. The van der Waals surface area contributed by atoms with Gasteiger partial charge in [-0.25, -0.2) is 19.4 Å². The first-order valence-corrected chi connectivity index (χ1v) is 16.8. The molecule has 4 amide bonds. The number of rotatable bonds is 5. The molecule has 1 fully saturated rings. The van der Waals surface area contributed by atoms with Crippen molar-refractivity contribution in [3.63, 3.8) is 0 Å². The summed E-state index contributed by atoms with van der Waals surface area (Å²) in [7, 11) is 0. The number of anilines is 1. The number of fused-ring (bicyclic) bond motifs is 1. The van der Waals surface area contributed by atoms with Gasteiger partial charge in [-0.3, -0.25) is 5.32 Å². The fourth-order valence-corrected chi connectivity index (χ4v) is 6.04. The number of ether oxygens (including phenoxy) is 2. The first-order chi connectivity index (χ1) is 23.1. The quantitative estimate of drug-likeness (QED) is 0.159. The largest absolute Gasteiger partial charge is 0.453 e. The summed E-state index contributed by atoms with van der Waals surface area (Å²) in [6.07, 6.45) is 3.40. The van der Waals surface area contributed by atoms with Crippen LogP contribution < -0.4 is 15.6 Å². The minimum absolute atomic E-state index is 0.214. The lowest BCUT2D eigenvalue weighted by atomic mass is 9.83. The van der Waals surface area contributed by atoms with Gasteiger partial charge in [-0.2, -0.15) is 0 Å². The minimum atomic E-state index is -1.02. The van der Waals surface area contributed by atoms with Gasteiger partial charge in [0.1, 0.15) is 23.5 Å². The van der Waals surface area contributed by atoms with Crippen LogP contribution in [0.1, 0.15) is 84.8 Å². The topological polar surface area (TPSA) is 136 Å². The molecule has 0 aromatic heterocycles. The van der Waals surface area contributed by atoms with Crippen LogP contribution in [0.4, 0.5) is 31.4 Å². The summed E-state index contributed by atoms with van der Waals surface area (Å²) in [6, 6.07) is 24.3. The third-order valence-electron chi connectivity index (χ3n) is 8.21. The van der Waals surface area contributed by atoms with Crippen LogP contribution >= 0.6 is 0 Å². The highest BCUT2D eigenvalue weighted by atomic mass is 16.6.